The molecule has 0 spiro atoms. The number of benzene rings is 1. The number of aryl methyl sites for hydroxylation is 1. The van der Waals surface area contributed by atoms with Crippen molar-refractivity contribution in [2.45, 2.75) is 6.54 Å². The molecule has 19 heavy (non-hydrogen) atoms. The molecule has 0 saturated carbocycles. The molecular weight excluding hydrogens is 240 g/mol. The normalized spacial score (nSPS) is 10.6. The first-order valence-corrected chi connectivity index (χ1v) is 6.00. The summed E-state index contributed by atoms with van der Waals surface area (Å²) in [7, 11) is 1.88. The Morgan fingerprint density at radius 2 is 2.05 bits per heavy atom. The monoisotopic (exact) mass is 254 g/mol. The van der Waals surface area contributed by atoms with E-state index in [0.29, 0.717) is 6.54 Å². The van der Waals surface area contributed by atoms with Crippen molar-refractivity contribution in [3.8, 4) is 5.69 Å². The van der Waals surface area contributed by atoms with E-state index in [1.165, 1.54) is 0 Å². The first kappa shape index (κ1) is 11.5. The lowest BCUT2D eigenvalue weighted by molar-refractivity contribution is 0.683. The van der Waals surface area contributed by atoms with Crippen LogP contribution in [-0.2, 0) is 13.6 Å². The van der Waals surface area contributed by atoms with Gasteiger partial charge in [-0.2, -0.15) is 5.10 Å². The molecule has 6 heteroatoms. The van der Waals surface area contributed by atoms with Gasteiger partial charge in [-0.25, -0.2) is 4.68 Å². The molecule has 0 fully saturated rings. The Bertz CT molecular complexity index is 638. The van der Waals surface area contributed by atoms with Gasteiger partial charge in [-0.15, -0.1) is 5.10 Å². The predicted molar refractivity (Wildman–Crippen MR) is 71.9 cm³/mol. The third-order valence-electron chi connectivity index (χ3n) is 2.92. The SMILES string of the molecule is Cn1nncc1CNc1ccc(-n2cccn2)cc1. The number of aromatic nitrogens is 5. The number of nitrogens with one attached hydrogen (secondary N) is 1. The first-order valence-electron chi connectivity index (χ1n) is 6.00. The molecule has 0 aliphatic heterocycles. The van der Waals surface area contributed by atoms with Gasteiger partial charge >= 0.3 is 0 Å². The Morgan fingerprint density at radius 1 is 1.21 bits per heavy atom. The average Bonchev–Trinajstić information content (AvgIpc) is 3.09. The minimum absolute atomic E-state index is 0.699. The van der Waals surface area contributed by atoms with Crippen molar-refractivity contribution in [3.63, 3.8) is 0 Å². The van der Waals surface area contributed by atoms with Crippen LogP contribution in [0.15, 0.2) is 48.9 Å². The van der Waals surface area contributed by atoms with E-state index in [-0.39, 0.29) is 0 Å². The van der Waals surface area contributed by atoms with Gasteiger partial charge in [0.05, 0.1) is 24.1 Å². The van der Waals surface area contributed by atoms with Crippen LogP contribution in [0.3, 0.4) is 0 Å². The van der Waals surface area contributed by atoms with Gasteiger partial charge in [-0.05, 0) is 30.3 Å². The van der Waals surface area contributed by atoms with E-state index < -0.39 is 0 Å². The molecule has 0 saturated heterocycles. The summed E-state index contributed by atoms with van der Waals surface area (Å²) in [6, 6.07) is 10.0. The molecule has 96 valence electrons. The Morgan fingerprint density at radius 3 is 2.68 bits per heavy atom. The second-order valence-electron chi connectivity index (χ2n) is 4.20. The van der Waals surface area contributed by atoms with E-state index in [9.17, 15) is 0 Å². The van der Waals surface area contributed by atoms with Crippen LogP contribution < -0.4 is 5.32 Å². The van der Waals surface area contributed by atoms with Gasteiger partial charge in [-0.1, -0.05) is 5.21 Å². The summed E-state index contributed by atoms with van der Waals surface area (Å²) < 4.78 is 3.58. The Kier molecular flexibility index (Phi) is 2.97. The van der Waals surface area contributed by atoms with Crippen molar-refractivity contribution in [3.05, 3.63) is 54.6 Å². The van der Waals surface area contributed by atoms with Crippen LogP contribution in [0.25, 0.3) is 5.69 Å². The molecule has 2 heterocycles. The quantitative estimate of drug-likeness (QED) is 0.768. The van der Waals surface area contributed by atoms with Gasteiger partial charge in [0.25, 0.3) is 0 Å². The van der Waals surface area contributed by atoms with Gasteiger partial charge < -0.3 is 5.32 Å². The van der Waals surface area contributed by atoms with Crippen molar-refractivity contribution in [1.82, 2.24) is 24.8 Å². The molecule has 0 unspecified atom stereocenters. The van der Waals surface area contributed by atoms with Crippen molar-refractivity contribution < 1.29 is 0 Å². The summed E-state index contributed by atoms with van der Waals surface area (Å²) in [5, 5.41) is 15.3. The molecule has 3 aromatic rings. The summed E-state index contributed by atoms with van der Waals surface area (Å²) in [5.74, 6) is 0. The maximum atomic E-state index is 4.19. The Hall–Kier alpha value is -2.63. The van der Waals surface area contributed by atoms with Crippen molar-refractivity contribution in [2.24, 2.45) is 7.05 Å². The molecule has 0 amide bonds. The highest BCUT2D eigenvalue weighted by Crippen LogP contribution is 2.13. The Balaban J connectivity index is 1.68. The van der Waals surface area contributed by atoms with Gasteiger partial charge in [0.1, 0.15) is 0 Å². The van der Waals surface area contributed by atoms with Crippen LogP contribution in [0.5, 0.6) is 0 Å². The fourth-order valence-electron chi connectivity index (χ4n) is 1.82. The molecule has 0 bridgehead atoms. The summed E-state index contributed by atoms with van der Waals surface area (Å²) in [6.45, 7) is 0.699. The first-order chi connectivity index (χ1) is 9.33. The molecule has 2 aromatic heterocycles. The molecule has 0 aliphatic rings. The van der Waals surface area contributed by atoms with Crippen LogP contribution >= 0.6 is 0 Å². The fraction of sp³-hybridized carbons (Fsp3) is 0.154. The third kappa shape index (κ3) is 2.47. The van der Waals surface area contributed by atoms with Crippen LogP contribution in [0, 0.1) is 0 Å². The molecule has 0 atom stereocenters. The zero-order chi connectivity index (χ0) is 13.1. The highest BCUT2D eigenvalue weighted by molar-refractivity contribution is 5.48. The van der Waals surface area contributed by atoms with Crippen molar-refractivity contribution in [1.29, 1.82) is 0 Å². The highest BCUT2D eigenvalue weighted by atomic mass is 15.4. The summed E-state index contributed by atoms with van der Waals surface area (Å²) in [5.41, 5.74) is 3.13. The van der Waals surface area contributed by atoms with Crippen LogP contribution in [-0.4, -0.2) is 24.8 Å². The molecule has 1 aromatic carbocycles. The topological polar surface area (TPSA) is 60.6 Å². The standard InChI is InChI=1S/C13H14N6/c1-18-13(10-15-17-18)9-14-11-3-5-12(6-4-11)19-8-2-7-16-19/h2-8,10,14H,9H2,1H3. The zero-order valence-electron chi connectivity index (χ0n) is 10.6. The molecule has 0 aliphatic carbocycles. The maximum absolute atomic E-state index is 4.19. The van der Waals surface area contributed by atoms with E-state index in [2.05, 4.69) is 20.7 Å². The lowest BCUT2D eigenvalue weighted by atomic mass is 10.2. The second kappa shape index (κ2) is 4.93. The zero-order valence-corrected chi connectivity index (χ0v) is 10.6. The van der Waals surface area contributed by atoms with E-state index in [1.807, 2.05) is 48.3 Å². The van der Waals surface area contributed by atoms with Gasteiger partial charge in [0.15, 0.2) is 0 Å². The number of nitrogens with zero attached hydrogens (tertiary/aromatic N) is 5. The molecule has 3 rings (SSSR count). The van der Waals surface area contributed by atoms with Crippen LogP contribution in [0.2, 0.25) is 0 Å². The maximum Gasteiger partial charge on any atom is 0.0774 e. The van der Waals surface area contributed by atoms with E-state index in [1.54, 1.807) is 17.1 Å². The number of rotatable bonds is 4. The van der Waals surface area contributed by atoms with Gasteiger partial charge in [0.2, 0.25) is 0 Å². The summed E-state index contributed by atoms with van der Waals surface area (Å²) in [6.07, 6.45) is 5.44. The third-order valence-corrected chi connectivity index (χ3v) is 2.92. The van der Waals surface area contributed by atoms with Gasteiger partial charge in [0, 0.05) is 25.1 Å². The summed E-state index contributed by atoms with van der Waals surface area (Å²) in [4.78, 5) is 0. The number of hydrogen-bond donors (Lipinski definition) is 1. The van der Waals surface area contributed by atoms with Crippen molar-refractivity contribution in [2.75, 3.05) is 5.32 Å². The Labute approximate surface area is 110 Å². The lowest BCUT2D eigenvalue weighted by Crippen LogP contribution is -2.05. The number of hydrogen-bond acceptors (Lipinski definition) is 4. The second-order valence-corrected chi connectivity index (χ2v) is 4.20. The minimum atomic E-state index is 0.699. The fourth-order valence-corrected chi connectivity index (χ4v) is 1.82. The largest absolute Gasteiger partial charge is 0.379 e. The van der Waals surface area contributed by atoms with Crippen LogP contribution in [0.4, 0.5) is 5.69 Å². The predicted octanol–water partition coefficient (Wildman–Crippen LogP) is 1.61. The van der Waals surface area contributed by atoms with E-state index in [4.69, 9.17) is 0 Å². The molecule has 1 N–H and O–H groups in total. The number of anilines is 1. The molecule has 0 radical (unpaired) electrons. The van der Waals surface area contributed by atoms with Crippen molar-refractivity contribution >= 4 is 5.69 Å². The highest BCUT2D eigenvalue weighted by Gasteiger charge is 2.00. The van der Waals surface area contributed by atoms with E-state index in [0.717, 1.165) is 17.1 Å². The van der Waals surface area contributed by atoms with E-state index >= 15 is 0 Å². The molecular formula is C13H14N6. The molecule has 6 nitrogen and oxygen atoms in total. The average molecular weight is 254 g/mol. The lowest BCUT2D eigenvalue weighted by Gasteiger charge is -2.07. The smallest absolute Gasteiger partial charge is 0.0774 e. The van der Waals surface area contributed by atoms with Gasteiger partial charge in [-0.3, -0.25) is 4.68 Å². The summed E-state index contributed by atoms with van der Waals surface area (Å²) >= 11 is 0. The minimum Gasteiger partial charge on any atom is -0.379 e. The van der Waals surface area contributed by atoms with Crippen LogP contribution in [0.1, 0.15) is 5.69 Å².